The van der Waals surface area contributed by atoms with E-state index < -0.39 is 0 Å². The quantitative estimate of drug-likeness (QED) is 0.719. The minimum absolute atomic E-state index is 0.285. The standard InChI is InChI=1S/C16H13FN2O2/c17-13-6-8-14(9-7-13)20-11-10-15-18-19-16(21-15)12-4-2-1-3-5-12/h1-9H,10-11H2. The van der Waals surface area contributed by atoms with Crippen LogP contribution in [0.4, 0.5) is 4.39 Å². The predicted octanol–water partition coefficient (Wildman–Crippen LogP) is 3.50. The maximum atomic E-state index is 12.7. The van der Waals surface area contributed by atoms with Crippen LogP contribution >= 0.6 is 0 Å². The van der Waals surface area contributed by atoms with Gasteiger partial charge in [0, 0.05) is 5.56 Å². The molecule has 0 aliphatic rings. The molecule has 21 heavy (non-hydrogen) atoms. The number of aromatic nitrogens is 2. The summed E-state index contributed by atoms with van der Waals surface area (Å²) in [5.74, 6) is 1.33. The molecule has 3 aromatic rings. The Balaban J connectivity index is 1.57. The molecule has 0 N–H and O–H groups in total. The summed E-state index contributed by atoms with van der Waals surface area (Å²) in [6, 6.07) is 15.5. The van der Waals surface area contributed by atoms with Crippen molar-refractivity contribution in [2.45, 2.75) is 6.42 Å². The fraction of sp³-hybridized carbons (Fsp3) is 0.125. The van der Waals surface area contributed by atoms with Crippen molar-refractivity contribution in [2.24, 2.45) is 0 Å². The van der Waals surface area contributed by atoms with E-state index in [1.807, 2.05) is 30.3 Å². The third-order valence-electron chi connectivity index (χ3n) is 2.89. The Kier molecular flexibility index (Phi) is 3.91. The zero-order chi connectivity index (χ0) is 14.5. The zero-order valence-electron chi connectivity index (χ0n) is 11.2. The highest BCUT2D eigenvalue weighted by Crippen LogP contribution is 2.17. The van der Waals surface area contributed by atoms with Crippen LogP contribution in [0.25, 0.3) is 11.5 Å². The molecule has 3 rings (SSSR count). The van der Waals surface area contributed by atoms with Crippen LogP contribution in [0.15, 0.2) is 59.0 Å². The third kappa shape index (κ3) is 3.45. The van der Waals surface area contributed by atoms with E-state index in [0.29, 0.717) is 30.6 Å². The molecule has 0 saturated carbocycles. The van der Waals surface area contributed by atoms with E-state index >= 15 is 0 Å². The van der Waals surface area contributed by atoms with E-state index in [0.717, 1.165) is 5.56 Å². The first kappa shape index (κ1) is 13.3. The van der Waals surface area contributed by atoms with E-state index in [2.05, 4.69) is 10.2 Å². The molecule has 4 nitrogen and oxygen atoms in total. The van der Waals surface area contributed by atoms with Crippen LogP contribution in [0, 0.1) is 5.82 Å². The molecule has 0 radical (unpaired) electrons. The lowest BCUT2D eigenvalue weighted by atomic mass is 10.2. The van der Waals surface area contributed by atoms with Crippen LogP contribution in [0.5, 0.6) is 5.75 Å². The number of hydrogen-bond donors (Lipinski definition) is 0. The molecule has 0 bridgehead atoms. The van der Waals surface area contributed by atoms with Crippen molar-refractivity contribution < 1.29 is 13.5 Å². The van der Waals surface area contributed by atoms with Crippen LogP contribution < -0.4 is 4.74 Å². The minimum Gasteiger partial charge on any atom is -0.493 e. The average Bonchev–Trinajstić information content (AvgIpc) is 2.99. The maximum absolute atomic E-state index is 12.7. The van der Waals surface area contributed by atoms with E-state index in [4.69, 9.17) is 9.15 Å². The third-order valence-corrected chi connectivity index (χ3v) is 2.89. The first-order valence-electron chi connectivity index (χ1n) is 6.57. The Labute approximate surface area is 121 Å². The molecule has 0 aliphatic heterocycles. The summed E-state index contributed by atoms with van der Waals surface area (Å²) in [4.78, 5) is 0. The maximum Gasteiger partial charge on any atom is 0.247 e. The van der Waals surface area contributed by atoms with Crippen molar-refractivity contribution in [3.63, 3.8) is 0 Å². The smallest absolute Gasteiger partial charge is 0.247 e. The summed E-state index contributed by atoms with van der Waals surface area (Å²) in [6.07, 6.45) is 0.497. The summed E-state index contributed by atoms with van der Waals surface area (Å²) >= 11 is 0. The summed E-state index contributed by atoms with van der Waals surface area (Å²) < 4.78 is 23.8. The zero-order valence-corrected chi connectivity index (χ0v) is 11.2. The van der Waals surface area contributed by atoms with Gasteiger partial charge < -0.3 is 9.15 Å². The lowest BCUT2D eigenvalue weighted by Crippen LogP contribution is -2.01. The highest BCUT2D eigenvalue weighted by atomic mass is 19.1. The number of benzene rings is 2. The van der Waals surface area contributed by atoms with Gasteiger partial charge >= 0.3 is 0 Å². The molecular weight excluding hydrogens is 271 g/mol. The van der Waals surface area contributed by atoms with Crippen molar-refractivity contribution in [1.82, 2.24) is 10.2 Å². The monoisotopic (exact) mass is 284 g/mol. The lowest BCUT2D eigenvalue weighted by molar-refractivity contribution is 0.306. The molecule has 0 spiro atoms. The Bertz CT molecular complexity index is 696. The minimum atomic E-state index is -0.285. The molecule has 0 saturated heterocycles. The van der Waals surface area contributed by atoms with Gasteiger partial charge in [0.15, 0.2) is 0 Å². The van der Waals surface area contributed by atoms with Gasteiger partial charge in [0.2, 0.25) is 11.8 Å². The molecule has 2 aromatic carbocycles. The van der Waals surface area contributed by atoms with Gasteiger partial charge in [0.25, 0.3) is 0 Å². The highest BCUT2D eigenvalue weighted by molar-refractivity contribution is 5.51. The molecular formula is C16H13FN2O2. The number of ether oxygens (including phenoxy) is 1. The SMILES string of the molecule is Fc1ccc(OCCc2nnc(-c3ccccc3)o2)cc1. The molecule has 0 unspecified atom stereocenters. The van der Waals surface area contributed by atoms with E-state index in [-0.39, 0.29) is 5.82 Å². The summed E-state index contributed by atoms with van der Waals surface area (Å²) in [7, 11) is 0. The van der Waals surface area contributed by atoms with E-state index in [1.165, 1.54) is 12.1 Å². The lowest BCUT2D eigenvalue weighted by Gasteiger charge is -2.03. The van der Waals surface area contributed by atoms with Crippen molar-refractivity contribution in [2.75, 3.05) is 6.61 Å². The highest BCUT2D eigenvalue weighted by Gasteiger charge is 2.08. The molecule has 106 valence electrons. The predicted molar refractivity (Wildman–Crippen MR) is 75.3 cm³/mol. The Morgan fingerprint density at radius 3 is 2.48 bits per heavy atom. The van der Waals surface area contributed by atoms with Gasteiger partial charge in [-0.05, 0) is 36.4 Å². The molecule has 1 aromatic heterocycles. The molecule has 0 atom stereocenters. The Morgan fingerprint density at radius 2 is 1.71 bits per heavy atom. The fourth-order valence-electron chi connectivity index (χ4n) is 1.84. The first-order chi connectivity index (χ1) is 10.3. The van der Waals surface area contributed by atoms with Gasteiger partial charge in [0.1, 0.15) is 11.6 Å². The number of rotatable bonds is 5. The van der Waals surface area contributed by atoms with Gasteiger partial charge in [-0.3, -0.25) is 0 Å². The van der Waals surface area contributed by atoms with Crippen LogP contribution in [-0.2, 0) is 6.42 Å². The second kappa shape index (κ2) is 6.17. The normalized spacial score (nSPS) is 10.5. The fourth-order valence-corrected chi connectivity index (χ4v) is 1.84. The molecule has 5 heteroatoms. The largest absolute Gasteiger partial charge is 0.493 e. The average molecular weight is 284 g/mol. The summed E-state index contributed by atoms with van der Waals surface area (Å²) in [6.45, 7) is 0.391. The Morgan fingerprint density at radius 1 is 0.952 bits per heavy atom. The van der Waals surface area contributed by atoms with Gasteiger partial charge in [-0.1, -0.05) is 18.2 Å². The second-order valence-electron chi connectivity index (χ2n) is 4.42. The summed E-state index contributed by atoms with van der Waals surface area (Å²) in [5, 5.41) is 7.98. The van der Waals surface area contributed by atoms with Crippen LogP contribution in [-0.4, -0.2) is 16.8 Å². The van der Waals surface area contributed by atoms with Crippen molar-refractivity contribution in [3.8, 4) is 17.2 Å². The van der Waals surface area contributed by atoms with E-state index in [1.54, 1.807) is 12.1 Å². The number of nitrogens with zero attached hydrogens (tertiary/aromatic N) is 2. The summed E-state index contributed by atoms with van der Waals surface area (Å²) in [5.41, 5.74) is 0.885. The number of hydrogen-bond acceptors (Lipinski definition) is 4. The van der Waals surface area contributed by atoms with Crippen molar-refractivity contribution in [1.29, 1.82) is 0 Å². The van der Waals surface area contributed by atoms with Crippen molar-refractivity contribution >= 4 is 0 Å². The molecule has 0 aliphatic carbocycles. The first-order valence-corrected chi connectivity index (χ1v) is 6.57. The second-order valence-corrected chi connectivity index (χ2v) is 4.42. The molecule has 1 heterocycles. The van der Waals surface area contributed by atoms with Gasteiger partial charge in [-0.25, -0.2) is 4.39 Å². The molecule has 0 amide bonds. The van der Waals surface area contributed by atoms with Gasteiger partial charge in [0.05, 0.1) is 13.0 Å². The van der Waals surface area contributed by atoms with Crippen molar-refractivity contribution in [3.05, 3.63) is 66.3 Å². The topological polar surface area (TPSA) is 48.2 Å². The Hall–Kier alpha value is -2.69. The van der Waals surface area contributed by atoms with Crippen LogP contribution in [0.1, 0.15) is 5.89 Å². The number of halogens is 1. The van der Waals surface area contributed by atoms with Gasteiger partial charge in [-0.15, -0.1) is 10.2 Å². The molecule has 0 fully saturated rings. The van der Waals surface area contributed by atoms with E-state index in [9.17, 15) is 4.39 Å². The van der Waals surface area contributed by atoms with Crippen LogP contribution in [0.2, 0.25) is 0 Å². The van der Waals surface area contributed by atoms with Crippen LogP contribution in [0.3, 0.4) is 0 Å². The van der Waals surface area contributed by atoms with Gasteiger partial charge in [-0.2, -0.15) is 0 Å².